The zero-order valence-corrected chi connectivity index (χ0v) is 9.04. The van der Waals surface area contributed by atoms with Crippen molar-refractivity contribution in [3.63, 3.8) is 0 Å². The van der Waals surface area contributed by atoms with E-state index in [0.29, 0.717) is 17.4 Å². The number of nitrogens with zero attached hydrogens (tertiary/aromatic N) is 1. The summed E-state index contributed by atoms with van der Waals surface area (Å²) in [6.45, 7) is 1.73. The topological polar surface area (TPSA) is 49.4 Å². The van der Waals surface area contributed by atoms with Crippen LogP contribution in [0, 0.1) is 11.6 Å². The van der Waals surface area contributed by atoms with Crippen molar-refractivity contribution in [3.8, 4) is 0 Å². The fraction of sp³-hybridized carbons (Fsp3) is 0.273. The Morgan fingerprint density at radius 1 is 1.35 bits per heavy atom. The van der Waals surface area contributed by atoms with Crippen molar-refractivity contribution in [2.24, 2.45) is 0 Å². The summed E-state index contributed by atoms with van der Waals surface area (Å²) >= 11 is 0. The normalized spacial score (nSPS) is 19.7. The number of nitrogens with one attached hydrogen (secondary N) is 1. The van der Waals surface area contributed by atoms with Crippen LogP contribution >= 0.6 is 0 Å². The molecule has 1 aliphatic heterocycles. The maximum Gasteiger partial charge on any atom is 0.329 e. The Morgan fingerprint density at radius 3 is 2.59 bits per heavy atom. The third-order valence-electron chi connectivity index (χ3n) is 2.58. The van der Waals surface area contributed by atoms with Crippen molar-refractivity contribution in [1.82, 2.24) is 5.32 Å². The van der Waals surface area contributed by atoms with E-state index >= 15 is 0 Å². The molecule has 1 N–H and O–H groups in total. The van der Waals surface area contributed by atoms with Crippen LogP contribution in [0.15, 0.2) is 18.2 Å². The van der Waals surface area contributed by atoms with E-state index < -0.39 is 29.6 Å². The lowest BCUT2D eigenvalue weighted by Crippen LogP contribution is -2.32. The monoisotopic (exact) mass is 240 g/mol. The molecule has 2 rings (SSSR count). The highest BCUT2D eigenvalue weighted by molar-refractivity contribution is 6.21. The second kappa shape index (κ2) is 4.12. The van der Waals surface area contributed by atoms with E-state index in [-0.39, 0.29) is 5.69 Å². The van der Waals surface area contributed by atoms with Gasteiger partial charge in [0.05, 0.1) is 5.69 Å². The second-order valence-electron chi connectivity index (χ2n) is 3.68. The summed E-state index contributed by atoms with van der Waals surface area (Å²) in [6, 6.07) is 1.37. The summed E-state index contributed by atoms with van der Waals surface area (Å²) < 4.78 is 26.2. The maximum atomic E-state index is 13.5. The van der Waals surface area contributed by atoms with E-state index in [1.54, 1.807) is 6.92 Å². The molecular formula is C11H10F2N2O2. The highest BCUT2D eigenvalue weighted by Gasteiger charge is 2.39. The molecule has 0 spiro atoms. The van der Waals surface area contributed by atoms with Crippen LogP contribution < -0.4 is 10.2 Å². The summed E-state index contributed by atoms with van der Waals surface area (Å²) in [5, 5.41) is 2.42. The predicted molar refractivity (Wildman–Crippen MR) is 56.5 cm³/mol. The van der Waals surface area contributed by atoms with Crippen LogP contribution in [-0.4, -0.2) is 18.0 Å². The number of hydrogen-bond donors (Lipinski definition) is 1. The first kappa shape index (κ1) is 11.5. The van der Waals surface area contributed by atoms with Gasteiger partial charge in [0.1, 0.15) is 17.7 Å². The molecule has 1 saturated heterocycles. The number of benzene rings is 1. The molecule has 1 aromatic carbocycles. The molecule has 90 valence electrons. The molecule has 6 heteroatoms. The van der Waals surface area contributed by atoms with Crippen LogP contribution in [0.2, 0.25) is 0 Å². The Kier molecular flexibility index (Phi) is 2.79. The van der Waals surface area contributed by atoms with Crippen LogP contribution in [0.4, 0.5) is 19.3 Å². The maximum absolute atomic E-state index is 13.5. The molecule has 1 fully saturated rings. The SMILES string of the molecule is CCC1NC(=O)N(c2ccc(F)cc2F)C1=O. The lowest BCUT2D eigenvalue weighted by Gasteiger charge is -2.13. The first-order valence-corrected chi connectivity index (χ1v) is 5.14. The largest absolute Gasteiger partial charge is 0.329 e. The number of halogens is 2. The van der Waals surface area contributed by atoms with E-state index in [0.717, 1.165) is 12.1 Å². The summed E-state index contributed by atoms with van der Waals surface area (Å²) in [7, 11) is 0. The van der Waals surface area contributed by atoms with E-state index in [4.69, 9.17) is 0 Å². The molecule has 1 aliphatic rings. The molecule has 0 saturated carbocycles. The standard InChI is InChI=1S/C11H10F2N2O2/c1-2-8-10(16)15(11(17)14-8)9-4-3-6(12)5-7(9)13/h3-5,8H,2H2,1H3,(H,14,17). The molecule has 17 heavy (non-hydrogen) atoms. The summed E-state index contributed by atoms with van der Waals surface area (Å²) in [6.07, 6.45) is 0.421. The van der Waals surface area contributed by atoms with Crippen molar-refractivity contribution in [3.05, 3.63) is 29.8 Å². The lowest BCUT2D eigenvalue weighted by molar-refractivity contribution is -0.118. The van der Waals surface area contributed by atoms with Gasteiger partial charge in [0.25, 0.3) is 5.91 Å². The average molecular weight is 240 g/mol. The first-order chi connectivity index (χ1) is 8.04. The van der Waals surface area contributed by atoms with E-state index in [9.17, 15) is 18.4 Å². The molecule has 0 aliphatic carbocycles. The summed E-state index contributed by atoms with van der Waals surface area (Å²) in [4.78, 5) is 24.0. The minimum absolute atomic E-state index is 0.232. The Hall–Kier alpha value is -1.98. The zero-order chi connectivity index (χ0) is 12.6. The van der Waals surface area contributed by atoms with Crippen LogP contribution in [0.1, 0.15) is 13.3 Å². The van der Waals surface area contributed by atoms with Crippen LogP contribution in [0.3, 0.4) is 0 Å². The van der Waals surface area contributed by atoms with Gasteiger partial charge in [-0.25, -0.2) is 18.5 Å². The van der Waals surface area contributed by atoms with Gasteiger partial charge in [0.2, 0.25) is 0 Å². The van der Waals surface area contributed by atoms with Crippen LogP contribution in [0.5, 0.6) is 0 Å². The minimum atomic E-state index is -0.940. The third-order valence-corrected chi connectivity index (χ3v) is 2.58. The zero-order valence-electron chi connectivity index (χ0n) is 9.04. The molecule has 0 aromatic heterocycles. The van der Waals surface area contributed by atoms with Gasteiger partial charge in [-0.1, -0.05) is 6.92 Å². The number of rotatable bonds is 2. The smallest absolute Gasteiger partial charge is 0.325 e. The van der Waals surface area contributed by atoms with Gasteiger partial charge in [-0.3, -0.25) is 4.79 Å². The molecule has 0 radical (unpaired) electrons. The first-order valence-electron chi connectivity index (χ1n) is 5.14. The Balaban J connectivity index is 2.40. The van der Waals surface area contributed by atoms with E-state index in [2.05, 4.69) is 5.32 Å². The minimum Gasteiger partial charge on any atom is -0.325 e. The molecule has 1 unspecified atom stereocenters. The Morgan fingerprint density at radius 2 is 2.06 bits per heavy atom. The number of hydrogen-bond acceptors (Lipinski definition) is 2. The number of urea groups is 1. The predicted octanol–water partition coefficient (Wildman–Crippen LogP) is 1.80. The van der Waals surface area contributed by atoms with Gasteiger partial charge in [0.15, 0.2) is 0 Å². The van der Waals surface area contributed by atoms with Crippen LogP contribution in [0.25, 0.3) is 0 Å². The van der Waals surface area contributed by atoms with Crippen LogP contribution in [-0.2, 0) is 4.79 Å². The number of imide groups is 1. The molecule has 0 bridgehead atoms. The molecule has 1 atom stereocenters. The van der Waals surface area contributed by atoms with Crippen molar-refractivity contribution < 1.29 is 18.4 Å². The quantitative estimate of drug-likeness (QED) is 0.801. The van der Waals surface area contributed by atoms with Gasteiger partial charge in [-0.05, 0) is 18.6 Å². The Bertz CT molecular complexity index is 490. The molecule has 1 heterocycles. The van der Waals surface area contributed by atoms with E-state index in [1.165, 1.54) is 0 Å². The van der Waals surface area contributed by atoms with Gasteiger partial charge in [-0.2, -0.15) is 0 Å². The van der Waals surface area contributed by atoms with Gasteiger partial charge >= 0.3 is 6.03 Å². The lowest BCUT2D eigenvalue weighted by atomic mass is 10.2. The van der Waals surface area contributed by atoms with E-state index in [1.807, 2.05) is 0 Å². The average Bonchev–Trinajstić information content (AvgIpc) is 2.55. The summed E-state index contributed by atoms with van der Waals surface area (Å²) in [5.74, 6) is -2.22. The van der Waals surface area contributed by atoms with Gasteiger partial charge < -0.3 is 5.32 Å². The van der Waals surface area contributed by atoms with Crippen molar-refractivity contribution in [2.75, 3.05) is 4.90 Å². The van der Waals surface area contributed by atoms with Crippen molar-refractivity contribution >= 4 is 17.6 Å². The second-order valence-corrected chi connectivity index (χ2v) is 3.68. The van der Waals surface area contributed by atoms with Gasteiger partial charge in [-0.15, -0.1) is 0 Å². The molecule has 4 nitrogen and oxygen atoms in total. The fourth-order valence-electron chi connectivity index (χ4n) is 1.70. The third kappa shape index (κ3) is 1.86. The number of carbonyl (C=O) groups is 2. The van der Waals surface area contributed by atoms with Crippen molar-refractivity contribution in [1.29, 1.82) is 0 Å². The number of amides is 3. The number of carbonyl (C=O) groups excluding carboxylic acids is 2. The molecule has 3 amide bonds. The van der Waals surface area contributed by atoms with Crippen molar-refractivity contribution in [2.45, 2.75) is 19.4 Å². The molecular weight excluding hydrogens is 230 g/mol. The fourth-order valence-corrected chi connectivity index (χ4v) is 1.70. The highest BCUT2D eigenvalue weighted by Crippen LogP contribution is 2.24. The van der Waals surface area contributed by atoms with Gasteiger partial charge in [0, 0.05) is 6.07 Å². The summed E-state index contributed by atoms with van der Waals surface area (Å²) in [5.41, 5.74) is -0.232. The Labute approximate surface area is 96.2 Å². The highest BCUT2D eigenvalue weighted by atomic mass is 19.1. The number of anilines is 1. The molecule has 1 aromatic rings.